The van der Waals surface area contributed by atoms with E-state index in [1.807, 2.05) is 48.1 Å². The van der Waals surface area contributed by atoms with Crippen LogP contribution in [0.15, 0.2) is 36.5 Å². The molecule has 2 amide bonds. The van der Waals surface area contributed by atoms with Gasteiger partial charge in [0.2, 0.25) is 11.8 Å². The van der Waals surface area contributed by atoms with Gasteiger partial charge in [-0.1, -0.05) is 23.7 Å². The summed E-state index contributed by atoms with van der Waals surface area (Å²) in [5, 5.41) is 7.98. The Bertz CT molecular complexity index is 788. The maximum absolute atomic E-state index is 12.5. The highest BCUT2D eigenvalue weighted by molar-refractivity contribution is 6.30. The van der Waals surface area contributed by atoms with E-state index in [9.17, 15) is 9.59 Å². The second-order valence-corrected chi connectivity index (χ2v) is 7.40. The first-order valence-electron chi connectivity index (χ1n) is 9.31. The molecule has 1 atom stereocenters. The van der Waals surface area contributed by atoms with Gasteiger partial charge in [0.15, 0.2) is 0 Å². The van der Waals surface area contributed by atoms with Crippen molar-refractivity contribution in [3.8, 4) is 0 Å². The Labute approximate surface area is 164 Å². The molecule has 0 bridgehead atoms. The highest BCUT2D eigenvalue weighted by Crippen LogP contribution is 2.19. The van der Waals surface area contributed by atoms with Crippen LogP contribution in [0.5, 0.6) is 0 Å². The number of benzene rings is 1. The lowest BCUT2D eigenvalue weighted by Crippen LogP contribution is -2.46. The molecule has 2 heterocycles. The van der Waals surface area contributed by atoms with Crippen LogP contribution in [0.2, 0.25) is 5.02 Å². The van der Waals surface area contributed by atoms with Crippen molar-refractivity contribution in [2.24, 2.45) is 5.92 Å². The van der Waals surface area contributed by atoms with Crippen molar-refractivity contribution in [2.75, 3.05) is 19.6 Å². The monoisotopic (exact) mass is 388 g/mol. The summed E-state index contributed by atoms with van der Waals surface area (Å²) in [5.41, 5.74) is 2.09. The number of aromatic nitrogens is 2. The number of likely N-dealkylation sites (tertiary alicyclic amines) is 1. The summed E-state index contributed by atoms with van der Waals surface area (Å²) < 4.78 is 1.82. The van der Waals surface area contributed by atoms with Crippen LogP contribution in [0.4, 0.5) is 0 Å². The number of nitrogens with zero attached hydrogens (tertiary/aromatic N) is 3. The summed E-state index contributed by atoms with van der Waals surface area (Å²) in [5.74, 6) is -0.00447. The van der Waals surface area contributed by atoms with Crippen molar-refractivity contribution in [1.82, 2.24) is 20.0 Å². The molecule has 0 radical (unpaired) electrons. The van der Waals surface area contributed by atoms with Crippen LogP contribution in [0.3, 0.4) is 0 Å². The molecule has 0 unspecified atom stereocenters. The van der Waals surface area contributed by atoms with Crippen molar-refractivity contribution in [3.63, 3.8) is 0 Å². The molecule has 1 fully saturated rings. The SMILES string of the molecule is Cc1ccn(CCNC(=O)[C@H]2CCC(=O)N(CCc3ccc(Cl)cc3)C2)n1. The zero-order chi connectivity index (χ0) is 19.2. The van der Waals surface area contributed by atoms with Crippen molar-refractivity contribution >= 4 is 23.4 Å². The van der Waals surface area contributed by atoms with Crippen LogP contribution in [0.1, 0.15) is 24.1 Å². The number of amides is 2. The minimum atomic E-state index is -0.146. The minimum absolute atomic E-state index is 0.0165. The normalized spacial score (nSPS) is 17.2. The highest BCUT2D eigenvalue weighted by atomic mass is 35.5. The lowest BCUT2D eigenvalue weighted by Gasteiger charge is -2.32. The summed E-state index contributed by atoms with van der Waals surface area (Å²) in [4.78, 5) is 26.5. The van der Waals surface area contributed by atoms with Gasteiger partial charge >= 0.3 is 0 Å². The number of piperidine rings is 1. The predicted molar refractivity (Wildman–Crippen MR) is 104 cm³/mol. The van der Waals surface area contributed by atoms with Gasteiger partial charge in [0.25, 0.3) is 0 Å². The molecule has 7 heteroatoms. The Morgan fingerprint density at radius 2 is 2.04 bits per heavy atom. The van der Waals surface area contributed by atoms with Gasteiger partial charge in [0.05, 0.1) is 18.2 Å². The molecular weight excluding hydrogens is 364 g/mol. The van der Waals surface area contributed by atoms with Crippen molar-refractivity contribution in [3.05, 3.63) is 52.8 Å². The standard InChI is InChI=1S/C20H25ClN4O2/c1-15-8-12-25(23-15)13-10-22-20(27)17-4-7-19(26)24(14-17)11-9-16-2-5-18(21)6-3-16/h2-3,5-6,8,12,17H,4,7,9-11,13-14H2,1H3,(H,22,27)/t17-/m0/s1. The maximum Gasteiger partial charge on any atom is 0.224 e. The first-order chi connectivity index (χ1) is 13.0. The zero-order valence-corrected chi connectivity index (χ0v) is 16.3. The molecule has 2 aromatic rings. The van der Waals surface area contributed by atoms with Crippen LogP contribution in [0, 0.1) is 12.8 Å². The first-order valence-corrected chi connectivity index (χ1v) is 9.69. The molecule has 0 aliphatic carbocycles. The second kappa shape index (κ2) is 9.04. The number of hydrogen-bond donors (Lipinski definition) is 1. The topological polar surface area (TPSA) is 67.2 Å². The lowest BCUT2D eigenvalue weighted by molar-refractivity contribution is -0.138. The third-order valence-corrected chi connectivity index (χ3v) is 5.12. The Morgan fingerprint density at radius 3 is 2.74 bits per heavy atom. The number of aryl methyl sites for hydroxylation is 1. The first kappa shape index (κ1) is 19.4. The summed E-state index contributed by atoms with van der Waals surface area (Å²) in [6.45, 7) is 4.23. The Balaban J connectivity index is 1.46. The average Bonchev–Trinajstić information content (AvgIpc) is 3.07. The smallest absolute Gasteiger partial charge is 0.224 e. The minimum Gasteiger partial charge on any atom is -0.354 e. The Hall–Kier alpha value is -2.34. The van der Waals surface area contributed by atoms with Gasteiger partial charge in [0.1, 0.15) is 0 Å². The molecule has 0 saturated carbocycles. The molecule has 1 aliphatic heterocycles. The zero-order valence-electron chi connectivity index (χ0n) is 15.5. The summed E-state index contributed by atoms with van der Waals surface area (Å²) in [6, 6.07) is 9.58. The van der Waals surface area contributed by atoms with Gasteiger partial charge in [-0.15, -0.1) is 0 Å². The lowest BCUT2D eigenvalue weighted by atomic mass is 9.96. The van der Waals surface area contributed by atoms with Gasteiger partial charge in [0, 0.05) is 37.3 Å². The van der Waals surface area contributed by atoms with E-state index in [1.165, 1.54) is 0 Å². The number of rotatable bonds is 7. The quantitative estimate of drug-likeness (QED) is 0.792. The summed E-state index contributed by atoms with van der Waals surface area (Å²) in [7, 11) is 0. The number of hydrogen-bond acceptors (Lipinski definition) is 3. The van der Waals surface area contributed by atoms with Gasteiger partial charge < -0.3 is 10.2 Å². The van der Waals surface area contributed by atoms with E-state index in [0.29, 0.717) is 44.0 Å². The molecule has 6 nitrogen and oxygen atoms in total. The van der Waals surface area contributed by atoms with Crippen molar-refractivity contribution in [1.29, 1.82) is 0 Å². The maximum atomic E-state index is 12.5. The molecule has 1 saturated heterocycles. The highest BCUT2D eigenvalue weighted by Gasteiger charge is 2.29. The van der Waals surface area contributed by atoms with Crippen LogP contribution in [0.25, 0.3) is 0 Å². The van der Waals surface area contributed by atoms with Crippen LogP contribution >= 0.6 is 11.6 Å². The molecule has 1 aromatic carbocycles. The molecule has 0 spiro atoms. The second-order valence-electron chi connectivity index (χ2n) is 6.96. The molecule has 144 valence electrons. The van der Waals surface area contributed by atoms with E-state index in [2.05, 4.69) is 10.4 Å². The van der Waals surface area contributed by atoms with Crippen molar-refractivity contribution in [2.45, 2.75) is 32.7 Å². The molecule has 27 heavy (non-hydrogen) atoms. The largest absolute Gasteiger partial charge is 0.354 e. The van der Waals surface area contributed by atoms with E-state index in [0.717, 1.165) is 17.7 Å². The third kappa shape index (κ3) is 5.57. The van der Waals surface area contributed by atoms with E-state index >= 15 is 0 Å². The fourth-order valence-electron chi connectivity index (χ4n) is 3.29. The van der Waals surface area contributed by atoms with Crippen LogP contribution < -0.4 is 5.32 Å². The van der Waals surface area contributed by atoms with E-state index in [1.54, 1.807) is 4.90 Å². The molecule has 1 N–H and O–H groups in total. The van der Waals surface area contributed by atoms with Crippen molar-refractivity contribution < 1.29 is 9.59 Å². The number of carbonyl (C=O) groups excluding carboxylic acids is 2. The van der Waals surface area contributed by atoms with Crippen LogP contribution in [-0.2, 0) is 22.6 Å². The predicted octanol–water partition coefficient (Wildman–Crippen LogP) is 2.44. The summed E-state index contributed by atoms with van der Waals surface area (Å²) >= 11 is 5.91. The number of halogens is 1. The average molecular weight is 389 g/mol. The van der Waals surface area contributed by atoms with E-state index < -0.39 is 0 Å². The molecule has 3 rings (SSSR count). The summed E-state index contributed by atoms with van der Waals surface area (Å²) in [6.07, 6.45) is 3.70. The van der Waals surface area contributed by atoms with E-state index in [-0.39, 0.29) is 17.7 Å². The Morgan fingerprint density at radius 1 is 1.26 bits per heavy atom. The molecule has 1 aliphatic rings. The number of nitrogens with one attached hydrogen (secondary N) is 1. The van der Waals surface area contributed by atoms with E-state index in [4.69, 9.17) is 11.6 Å². The fraction of sp³-hybridized carbons (Fsp3) is 0.450. The van der Waals surface area contributed by atoms with Gasteiger partial charge in [-0.25, -0.2) is 0 Å². The van der Waals surface area contributed by atoms with Gasteiger partial charge in [-0.3, -0.25) is 14.3 Å². The van der Waals surface area contributed by atoms with Crippen LogP contribution in [-0.4, -0.2) is 46.1 Å². The van der Waals surface area contributed by atoms with Gasteiger partial charge in [-0.05, 0) is 43.5 Å². The molecular formula is C20H25ClN4O2. The third-order valence-electron chi connectivity index (χ3n) is 4.87. The number of carbonyl (C=O) groups is 2. The fourth-order valence-corrected chi connectivity index (χ4v) is 3.41. The Kier molecular flexibility index (Phi) is 6.50. The van der Waals surface area contributed by atoms with Gasteiger partial charge in [-0.2, -0.15) is 5.10 Å². The molecule has 1 aromatic heterocycles.